The zero-order valence-electron chi connectivity index (χ0n) is 17.8. The van der Waals surface area contributed by atoms with Gasteiger partial charge in [0.05, 0.1) is 34.3 Å². The predicted molar refractivity (Wildman–Crippen MR) is 126 cm³/mol. The molecule has 0 spiro atoms. The number of amides is 1. The number of nitrogens with one attached hydrogen (secondary N) is 1. The lowest BCUT2D eigenvalue weighted by molar-refractivity contribution is -0.115. The molecule has 0 fully saturated rings. The number of tetrazole rings is 1. The molecule has 160 valence electrons. The minimum atomic E-state index is -0.0815. The summed E-state index contributed by atoms with van der Waals surface area (Å²) in [5, 5.41) is 16.4. The van der Waals surface area contributed by atoms with Gasteiger partial charge < -0.3 is 5.32 Å². The van der Waals surface area contributed by atoms with Crippen molar-refractivity contribution < 1.29 is 4.79 Å². The highest BCUT2D eigenvalue weighted by Gasteiger charge is 2.18. The van der Waals surface area contributed by atoms with Crippen LogP contribution in [0.1, 0.15) is 11.4 Å². The lowest BCUT2D eigenvalue weighted by Crippen LogP contribution is -2.14. The summed E-state index contributed by atoms with van der Waals surface area (Å²) in [7, 11) is 0. The maximum Gasteiger partial charge on any atom is 0.228 e. The Kier molecular flexibility index (Phi) is 4.36. The summed E-state index contributed by atoms with van der Waals surface area (Å²) in [6.07, 6.45) is 1.79. The van der Waals surface area contributed by atoms with Crippen LogP contribution < -0.4 is 5.32 Å². The van der Waals surface area contributed by atoms with Crippen molar-refractivity contribution >= 4 is 38.9 Å². The van der Waals surface area contributed by atoms with Crippen molar-refractivity contribution in [2.24, 2.45) is 0 Å². The largest absolute Gasteiger partial charge is 0.323 e. The van der Waals surface area contributed by atoms with Gasteiger partial charge in [-0.25, -0.2) is 9.67 Å². The summed E-state index contributed by atoms with van der Waals surface area (Å²) in [5.74, 6) is 0.792. The maximum absolute atomic E-state index is 13.1. The zero-order chi connectivity index (χ0) is 22.4. The summed E-state index contributed by atoms with van der Waals surface area (Å²) in [5.41, 5.74) is 5.43. The average Bonchev–Trinajstić information content (AvgIpc) is 3.48. The number of carbonyl (C=O) groups excluding carboxylic acids is 1. The Morgan fingerprint density at radius 1 is 0.939 bits per heavy atom. The van der Waals surface area contributed by atoms with Crippen LogP contribution in [0, 0.1) is 6.92 Å². The zero-order valence-corrected chi connectivity index (χ0v) is 17.8. The lowest BCUT2D eigenvalue weighted by Gasteiger charge is -2.09. The first-order chi connectivity index (χ1) is 16.2. The number of para-hydroxylation sites is 2. The standard InChI is InChI=1S/C25H19N7O/c1-16-27-21-8-4-2-6-19(21)25-24(20-7-3-5-9-22(20)32(16)25)28-23(33)14-17-10-12-18(13-11-17)31-15-26-29-30-31/h2-13,15H,14H2,1H3,(H,28,33). The molecule has 3 aromatic heterocycles. The van der Waals surface area contributed by atoms with Gasteiger partial charge in [0.15, 0.2) is 0 Å². The second-order valence-electron chi connectivity index (χ2n) is 7.90. The third kappa shape index (κ3) is 3.20. The van der Waals surface area contributed by atoms with E-state index in [0.29, 0.717) is 0 Å². The lowest BCUT2D eigenvalue weighted by atomic mass is 10.1. The van der Waals surface area contributed by atoms with Gasteiger partial charge in [0.2, 0.25) is 5.91 Å². The van der Waals surface area contributed by atoms with Crippen LogP contribution in [0.25, 0.3) is 33.0 Å². The maximum atomic E-state index is 13.1. The monoisotopic (exact) mass is 433 g/mol. The number of hydrogen-bond donors (Lipinski definition) is 1. The molecule has 33 heavy (non-hydrogen) atoms. The summed E-state index contributed by atoms with van der Waals surface area (Å²) < 4.78 is 3.69. The number of anilines is 1. The van der Waals surface area contributed by atoms with Crippen molar-refractivity contribution in [3.8, 4) is 5.69 Å². The smallest absolute Gasteiger partial charge is 0.228 e. The van der Waals surface area contributed by atoms with Crippen molar-refractivity contribution in [3.63, 3.8) is 0 Å². The third-order valence-electron chi connectivity index (χ3n) is 5.82. The first kappa shape index (κ1) is 19.1. The molecular formula is C25H19N7O. The first-order valence-electron chi connectivity index (χ1n) is 10.6. The van der Waals surface area contributed by atoms with E-state index in [4.69, 9.17) is 4.98 Å². The summed E-state index contributed by atoms with van der Waals surface area (Å²) in [4.78, 5) is 17.9. The Balaban J connectivity index is 1.40. The molecule has 3 aromatic carbocycles. The molecule has 1 N–H and O–H groups in total. The number of hydrogen-bond acceptors (Lipinski definition) is 5. The van der Waals surface area contributed by atoms with E-state index in [1.807, 2.05) is 73.7 Å². The number of carbonyl (C=O) groups is 1. The highest BCUT2D eigenvalue weighted by Crippen LogP contribution is 2.36. The van der Waals surface area contributed by atoms with Gasteiger partial charge in [0.25, 0.3) is 0 Å². The fraction of sp³-hybridized carbons (Fsp3) is 0.0800. The quantitative estimate of drug-likeness (QED) is 0.452. The highest BCUT2D eigenvalue weighted by molar-refractivity contribution is 6.16. The summed E-state index contributed by atoms with van der Waals surface area (Å²) in [6, 6.07) is 23.7. The molecule has 6 rings (SSSR count). The predicted octanol–water partition coefficient (Wildman–Crippen LogP) is 4.11. The second kappa shape index (κ2) is 7.52. The first-order valence-corrected chi connectivity index (χ1v) is 10.6. The normalized spacial score (nSPS) is 11.4. The van der Waals surface area contributed by atoms with Crippen LogP contribution >= 0.6 is 0 Å². The Hall–Kier alpha value is -4.59. The van der Waals surface area contributed by atoms with Crippen LogP contribution in [-0.4, -0.2) is 35.5 Å². The molecule has 0 atom stereocenters. The van der Waals surface area contributed by atoms with E-state index in [2.05, 4.69) is 31.3 Å². The molecule has 0 bridgehead atoms. The number of aryl methyl sites for hydroxylation is 1. The number of benzene rings is 3. The Morgan fingerprint density at radius 3 is 2.48 bits per heavy atom. The molecule has 0 unspecified atom stereocenters. The SMILES string of the molecule is Cc1nc2ccccc2c2c(NC(=O)Cc3ccc(-n4cnnn4)cc3)c3ccccc3n12. The van der Waals surface area contributed by atoms with Crippen LogP contribution in [0.2, 0.25) is 0 Å². The van der Waals surface area contributed by atoms with Gasteiger partial charge in [-0.1, -0.05) is 48.5 Å². The average molecular weight is 433 g/mol. The van der Waals surface area contributed by atoms with E-state index in [1.54, 1.807) is 4.68 Å². The van der Waals surface area contributed by atoms with E-state index >= 15 is 0 Å². The fourth-order valence-electron chi connectivity index (χ4n) is 4.37. The molecule has 8 nitrogen and oxygen atoms in total. The highest BCUT2D eigenvalue weighted by atomic mass is 16.1. The van der Waals surface area contributed by atoms with Crippen molar-refractivity contribution in [2.75, 3.05) is 5.32 Å². The van der Waals surface area contributed by atoms with Crippen LogP contribution in [0.15, 0.2) is 79.1 Å². The van der Waals surface area contributed by atoms with Gasteiger partial charge in [-0.15, -0.1) is 5.10 Å². The van der Waals surface area contributed by atoms with Gasteiger partial charge in [0, 0.05) is 10.8 Å². The van der Waals surface area contributed by atoms with Crippen molar-refractivity contribution in [2.45, 2.75) is 13.3 Å². The van der Waals surface area contributed by atoms with E-state index in [1.165, 1.54) is 6.33 Å². The Morgan fingerprint density at radius 2 is 1.70 bits per heavy atom. The summed E-state index contributed by atoms with van der Waals surface area (Å²) >= 11 is 0. The molecule has 0 radical (unpaired) electrons. The third-order valence-corrected chi connectivity index (χ3v) is 5.82. The van der Waals surface area contributed by atoms with Gasteiger partial charge in [-0.3, -0.25) is 9.20 Å². The fourth-order valence-corrected chi connectivity index (χ4v) is 4.37. The number of rotatable bonds is 4. The minimum absolute atomic E-state index is 0.0815. The molecule has 6 aromatic rings. The van der Waals surface area contributed by atoms with Crippen LogP contribution in [0.3, 0.4) is 0 Å². The van der Waals surface area contributed by atoms with Gasteiger partial charge in [0.1, 0.15) is 12.2 Å². The van der Waals surface area contributed by atoms with Crippen LogP contribution in [0.5, 0.6) is 0 Å². The van der Waals surface area contributed by atoms with Crippen molar-refractivity contribution in [3.05, 3.63) is 90.5 Å². The van der Waals surface area contributed by atoms with E-state index in [9.17, 15) is 4.79 Å². The molecule has 0 saturated heterocycles. The number of aromatic nitrogens is 6. The molecule has 0 aliphatic rings. The Bertz CT molecular complexity index is 1630. The molecule has 8 heteroatoms. The van der Waals surface area contributed by atoms with E-state index < -0.39 is 0 Å². The van der Waals surface area contributed by atoms with Crippen molar-refractivity contribution in [1.82, 2.24) is 29.6 Å². The molecular weight excluding hydrogens is 414 g/mol. The molecule has 3 heterocycles. The number of fused-ring (bicyclic) bond motifs is 5. The van der Waals surface area contributed by atoms with E-state index in [-0.39, 0.29) is 12.3 Å². The number of nitrogens with zero attached hydrogens (tertiary/aromatic N) is 6. The molecule has 0 saturated carbocycles. The van der Waals surface area contributed by atoms with E-state index in [0.717, 1.165) is 50.1 Å². The van der Waals surface area contributed by atoms with Gasteiger partial charge in [-0.2, -0.15) is 0 Å². The van der Waals surface area contributed by atoms with Crippen molar-refractivity contribution in [1.29, 1.82) is 0 Å². The topological polar surface area (TPSA) is 90.0 Å². The minimum Gasteiger partial charge on any atom is -0.323 e. The Labute approximate surface area is 188 Å². The summed E-state index contributed by atoms with van der Waals surface area (Å²) in [6.45, 7) is 1.99. The molecule has 0 aliphatic heterocycles. The van der Waals surface area contributed by atoms with Gasteiger partial charge in [-0.05, 0) is 47.2 Å². The molecule has 0 aliphatic carbocycles. The second-order valence-corrected chi connectivity index (χ2v) is 7.90. The van der Waals surface area contributed by atoms with Crippen LogP contribution in [0.4, 0.5) is 5.69 Å². The van der Waals surface area contributed by atoms with Crippen LogP contribution in [-0.2, 0) is 11.2 Å². The van der Waals surface area contributed by atoms with Gasteiger partial charge >= 0.3 is 0 Å². The molecule has 1 amide bonds.